The van der Waals surface area contributed by atoms with Crippen molar-refractivity contribution in [1.82, 2.24) is 4.72 Å². The molecule has 1 unspecified atom stereocenters. The van der Waals surface area contributed by atoms with E-state index < -0.39 is 10.0 Å². The molecule has 15 heavy (non-hydrogen) atoms. The number of sulfonamides is 1. The van der Waals surface area contributed by atoms with Crippen LogP contribution >= 0.6 is 11.6 Å². The summed E-state index contributed by atoms with van der Waals surface area (Å²) in [6.45, 7) is 6.23. The fraction of sp³-hybridized carbons (Fsp3) is 1.00. The molecule has 0 amide bonds. The van der Waals surface area contributed by atoms with Crippen LogP contribution in [0.4, 0.5) is 0 Å². The standard InChI is InChI=1S/C10H22ClNO2S/c1-9(2)5-4-6-10(3)12-15(13,14)8-7-11/h9-10,12H,4-8H2,1-3H3. The predicted octanol–water partition coefficient (Wildman–Crippen LogP) is 2.36. The molecule has 3 nitrogen and oxygen atoms in total. The molecule has 0 aromatic rings. The Morgan fingerprint density at radius 3 is 2.27 bits per heavy atom. The minimum absolute atomic E-state index is 0.00305. The van der Waals surface area contributed by atoms with Gasteiger partial charge in [-0.25, -0.2) is 13.1 Å². The highest BCUT2D eigenvalue weighted by atomic mass is 35.5. The van der Waals surface area contributed by atoms with Crippen LogP contribution in [0.3, 0.4) is 0 Å². The molecule has 0 spiro atoms. The molecule has 0 radical (unpaired) electrons. The van der Waals surface area contributed by atoms with E-state index in [1.54, 1.807) is 0 Å². The maximum absolute atomic E-state index is 11.3. The van der Waals surface area contributed by atoms with Gasteiger partial charge in [0.05, 0.1) is 5.75 Å². The van der Waals surface area contributed by atoms with Crippen molar-refractivity contribution in [1.29, 1.82) is 0 Å². The normalized spacial score (nSPS) is 14.5. The molecule has 0 bridgehead atoms. The molecule has 0 fully saturated rings. The van der Waals surface area contributed by atoms with Gasteiger partial charge in [0.25, 0.3) is 0 Å². The lowest BCUT2D eigenvalue weighted by atomic mass is 10.0. The second kappa shape index (κ2) is 7.47. The van der Waals surface area contributed by atoms with E-state index >= 15 is 0 Å². The van der Waals surface area contributed by atoms with Crippen molar-refractivity contribution < 1.29 is 8.42 Å². The van der Waals surface area contributed by atoms with Crippen LogP contribution in [0.25, 0.3) is 0 Å². The summed E-state index contributed by atoms with van der Waals surface area (Å²) in [5.41, 5.74) is 0. The van der Waals surface area contributed by atoms with Crippen LogP contribution in [0.1, 0.15) is 40.0 Å². The second-order valence-electron chi connectivity index (χ2n) is 4.35. The first kappa shape index (κ1) is 15.2. The lowest BCUT2D eigenvalue weighted by Gasteiger charge is -2.14. The van der Waals surface area contributed by atoms with E-state index in [0.29, 0.717) is 5.92 Å². The number of rotatable bonds is 8. The first-order valence-electron chi connectivity index (χ1n) is 5.43. The third kappa shape index (κ3) is 9.15. The monoisotopic (exact) mass is 255 g/mol. The molecule has 0 aliphatic carbocycles. The summed E-state index contributed by atoms with van der Waals surface area (Å²) >= 11 is 5.40. The molecule has 0 rings (SSSR count). The molecule has 1 N–H and O–H groups in total. The van der Waals surface area contributed by atoms with Crippen LogP contribution < -0.4 is 4.72 Å². The molecular formula is C10H22ClNO2S. The fourth-order valence-corrected chi connectivity index (χ4v) is 3.02. The van der Waals surface area contributed by atoms with Crippen molar-refractivity contribution in [3.63, 3.8) is 0 Å². The maximum Gasteiger partial charge on any atom is 0.213 e. The van der Waals surface area contributed by atoms with Gasteiger partial charge in [0.2, 0.25) is 10.0 Å². The molecule has 0 heterocycles. The van der Waals surface area contributed by atoms with E-state index in [9.17, 15) is 8.42 Å². The highest BCUT2D eigenvalue weighted by Crippen LogP contribution is 2.08. The van der Waals surface area contributed by atoms with Crippen molar-refractivity contribution in [3.8, 4) is 0 Å². The molecule has 92 valence electrons. The Bertz CT molecular complexity index is 252. The number of nitrogens with one attached hydrogen (secondary N) is 1. The van der Waals surface area contributed by atoms with Crippen LogP contribution in [-0.2, 0) is 10.0 Å². The van der Waals surface area contributed by atoms with Crippen LogP contribution in [0.15, 0.2) is 0 Å². The first-order valence-corrected chi connectivity index (χ1v) is 7.62. The summed E-state index contributed by atoms with van der Waals surface area (Å²) in [6.07, 6.45) is 3.09. The molecule has 0 aromatic heterocycles. The van der Waals surface area contributed by atoms with E-state index in [-0.39, 0.29) is 17.7 Å². The van der Waals surface area contributed by atoms with Gasteiger partial charge in [0.1, 0.15) is 0 Å². The second-order valence-corrected chi connectivity index (χ2v) is 6.60. The Kier molecular flexibility index (Phi) is 7.57. The molecule has 0 saturated heterocycles. The Hall–Kier alpha value is 0.200. The van der Waals surface area contributed by atoms with Gasteiger partial charge in [0, 0.05) is 11.9 Å². The average molecular weight is 256 g/mol. The Morgan fingerprint density at radius 1 is 1.20 bits per heavy atom. The molecule has 0 aliphatic heterocycles. The zero-order chi connectivity index (χ0) is 11.9. The van der Waals surface area contributed by atoms with E-state index in [4.69, 9.17) is 11.6 Å². The third-order valence-corrected chi connectivity index (χ3v) is 4.06. The summed E-state index contributed by atoms with van der Waals surface area (Å²) in [5.74, 6) is 0.827. The first-order chi connectivity index (χ1) is 6.87. The van der Waals surface area contributed by atoms with Crippen LogP contribution in [0, 0.1) is 5.92 Å². The highest BCUT2D eigenvalue weighted by molar-refractivity contribution is 7.89. The van der Waals surface area contributed by atoms with Crippen molar-refractivity contribution in [2.45, 2.75) is 46.1 Å². The number of halogens is 1. The fourth-order valence-electron chi connectivity index (χ4n) is 1.36. The van der Waals surface area contributed by atoms with Gasteiger partial charge in [-0.2, -0.15) is 0 Å². The largest absolute Gasteiger partial charge is 0.213 e. The lowest BCUT2D eigenvalue weighted by molar-refractivity contribution is 0.488. The number of hydrogen-bond acceptors (Lipinski definition) is 2. The quantitative estimate of drug-likeness (QED) is 0.677. The molecule has 5 heteroatoms. The average Bonchev–Trinajstić information content (AvgIpc) is 2.01. The minimum atomic E-state index is -3.16. The number of hydrogen-bond donors (Lipinski definition) is 1. The van der Waals surface area contributed by atoms with Gasteiger partial charge in [-0.15, -0.1) is 11.6 Å². The van der Waals surface area contributed by atoms with Gasteiger partial charge in [0.15, 0.2) is 0 Å². The van der Waals surface area contributed by atoms with Crippen molar-refractivity contribution in [2.24, 2.45) is 5.92 Å². The van der Waals surface area contributed by atoms with Crippen molar-refractivity contribution >= 4 is 21.6 Å². The third-order valence-electron chi connectivity index (χ3n) is 2.15. The summed E-state index contributed by atoms with van der Waals surface area (Å²) in [6, 6.07) is 0.0111. The highest BCUT2D eigenvalue weighted by Gasteiger charge is 2.13. The van der Waals surface area contributed by atoms with Crippen LogP contribution in [0.2, 0.25) is 0 Å². The van der Waals surface area contributed by atoms with Crippen LogP contribution in [-0.4, -0.2) is 26.1 Å². The predicted molar refractivity (Wildman–Crippen MR) is 65.8 cm³/mol. The Balaban J connectivity index is 3.78. The molecular weight excluding hydrogens is 234 g/mol. The van der Waals surface area contributed by atoms with Gasteiger partial charge >= 0.3 is 0 Å². The van der Waals surface area contributed by atoms with Crippen molar-refractivity contribution in [2.75, 3.05) is 11.6 Å². The van der Waals surface area contributed by atoms with Gasteiger partial charge in [-0.1, -0.05) is 26.7 Å². The van der Waals surface area contributed by atoms with Gasteiger partial charge in [-0.05, 0) is 19.3 Å². The molecule has 0 aliphatic rings. The van der Waals surface area contributed by atoms with E-state index in [2.05, 4.69) is 18.6 Å². The van der Waals surface area contributed by atoms with Crippen LogP contribution in [0.5, 0.6) is 0 Å². The summed E-state index contributed by atoms with van der Waals surface area (Å²) in [4.78, 5) is 0. The summed E-state index contributed by atoms with van der Waals surface area (Å²) in [7, 11) is -3.16. The van der Waals surface area contributed by atoms with Gasteiger partial charge in [-0.3, -0.25) is 0 Å². The molecule has 1 atom stereocenters. The molecule has 0 aromatic carbocycles. The minimum Gasteiger partial charge on any atom is -0.212 e. The summed E-state index contributed by atoms with van der Waals surface area (Å²) < 4.78 is 25.3. The maximum atomic E-state index is 11.3. The van der Waals surface area contributed by atoms with Crippen molar-refractivity contribution in [3.05, 3.63) is 0 Å². The van der Waals surface area contributed by atoms with E-state index in [1.807, 2.05) is 6.92 Å². The topological polar surface area (TPSA) is 46.2 Å². The van der Waals surface area contributed by atoms with E-state index in [1.165, 1.54) is 0 Å². The van der Waals surface area contributed by atoms with E-state index in [0.717, 1.165) is 19.3 Å². The smallest absolute Gasteiger partial charge is 0.212 e. The number of alkyl halides is 1. The SMILES string of the molecule is CC(C)CCCC(C)NS(=O)(=O)CCCl. The van der Waals surface area contributed by atoms with Gasteiger partial charge < -0.3 is 0 Å². The zero-order valence-corrected chi connectivity index (χ0v) is 11.4. The Labute approximate surface area is 98.6 Å². The zero-order valence-electron chi connectivity index (χ0n) is 9.79. The molecule has 0 saturated carbocycles. The summed E-state index contributed by atoms with van der Waals surface area (Å²) in [5, 5.41) is 0. The lowest BCUT2D eigenvalue weighted by Crippen LogP contribution is -2.34. The Morgan fingerprint density at radius 2 is 1.80 bits per heavy atom.